The van der Waals surface area contributed by atoms with Crippen LogP contribution >= 0.6 is 11.6 Å². The molecule has 5 heteroatoms. The summed E-state index contributed by atoms with van der Waals surface area (Å²) < 4.78 is 0. The normalized spacial score (nSPS) is 10.4. The van der Waals surface area contributed by atoms with Crippen LogP contribution in [0, 0.1) is 6.92 Å². The number of nitrogens with one attached hydrogen (secondary N) is 1. The predicted molar refractivity (Wildman–Crippen MR) is 88.2 cm³/mol. The van der Waals surface area contributed by atoms with Gasteiger partial charge in [0, 0.05) is 11.4 Å². The minimum absolute atomic E-state index is 0.283. The number of carbonyl (C=O) groups is 1. The molecule has 0 saturated carbocycles. The Morgan fingerprint density at radius 1 is 1.29 bits per heavy atom. The zero-order chi connectivity index (χ0) is 15.6. The van der Waals surface area contributed by atoms with Gasteiger partial charge in [-0.3, -0.25) is 4.79 Å². The van der Waals surface area contributed by atoms with E-state index in [1.807, 2.05) is 25.1 Å². The molecule has 0 aliphatic heterocycles. The molecule has 2 aromatic carbocycles. The van der Waals surface area contributed by atoms with Gasteiger partial charge in [0.25, 0.3) is 5.91 Å². The van der Waals surface area contributed by atoms with Gasteiger partial charge in [-0.15, -0.1) is 0 Å². The first kappa shape index (κ1) is 15.2. The number of benzene rings is 2. The van der Waals surface area contributed by atoms with E-state index in [9.17, 15) is 4.79 Å². The zero-order valence-corrected chi connectivity index (χ0v) is 12.8. The van der Waals surface area contributed by atoms with Gasteiger partial charge in [-0.25, -0.2) is 0 Å². The van der Waals surface area contributed by atoms with Crippen molar-refractivity contribution in [2.24, 2.45) is 5.73 Å². The number of anilines is 3. The number of hydrogen-bond donors (Lipinski definition) is 3. The Kier molecular flexibility index (Phi) is 4.38. The van der Waals surface area contributed by atoms with Gasteiger partial charge in [0.2, 0.25) is 0 Å². The molecular weight excluding hydrogens is 286 g/mol. The second-order valence-electron chi connectivity index (χ2n) is 4.88. The van der Waals surface area contributed by atoms with Gasteiger partial charge in [0.15, 0.2) is 0 Å². The summed E-state index contributed by atoms with van der Waals surface area (Å²) in [6.07, 6.45) is 0.864. The number of aryl methyl sites for hydroxylation is 2. The van der Waals surface area contributed by atoms with Crippen LogP contribution in [-0.4, -0.2) is 5.91 Å². The molecule has 0 unspecified atom stereocenters. The third-order valence-corrected chi connectivity index (χ3v) is 3.67. The molecule has 0 heterocycles. The lowest BCUT2D eigenvalue weighted by Gasteiger charge is -2.17. The summed E-state index contributed by atoms with van der Waals surface area (Å²) in [6, 6.07) is 9.15. The second-order valence-corrected chi connectivity index (χ2v) is 5.28. The Morgan fingerprint density at radius 2 is 2.00 bits per heavy atom. The molecule has 4 nitrogen and oxygen atoms in total. The minimum atomic E-state index is -0.571. The van der Waals surface area contributed by atoms with Crippen molar-refractivity contribution in [3.63, 3.8) is 0 Å². The van der Waals surface area contributed by atoms with Crippen LogP contribution in [-0.2, 0) is 6.42 Å². The number of carbonyl (C=O) groups excluding carboxylic acids is 1. The van der Waals surface area contributed by atoms with Crippen molar-refractivity contribution in [3.8, 4) is 0 Å². The molecule has 0 fully saturated rings. The SMILES string of the molecule is CCc1cccc(C)c1Nc1c(Cl)cc(N)cc1C(N)=O. The van der Waals surface area contributed by atoms with Crippen molar-refractivity contribution in [3.05, 3.63) is 52.0 Å². The van der Waals surface area contributed by atoms with Crippen LogP contribution in [0.4, 0.5) is 17.1 Å². The van der Waals surface area contributed by atoms with Gasteiger partial charge in [-0.2, -0.15) is 0 Å². The van der Waals surface area contributed by atoms with Crippen molar-refractivity contribution in [2.45, 2.75) is 20.3 Å². The van der Waals surface area contributed by atoms with E-state index < -0.39 is 5.91 Å². The Labute approximate surface area is 129 Å². The second kappa shape index (κ2) is 6.06. The lowest BCUT2D eigenvalue weighted by atomic mass is 10.0. The highest BCUT2D eigenvalue weighted by molar-refractivity contribution is 6.34. The number of hydrogen-bond acceptors (Lipinski definition) is 3. The molecule has 5 N–H and O–H groups in total. The van der Waals surface area contributed by atoms with E-state index in [-0.39, 0.29) is 5.56 Å². The molecule has 0 saturated heterocycles. The first-order chi connectivity index (χ1) is 9.93. The number of nitrogen functional groups attached to an aromatic ring is 1. The topological polar surface area (TPSA) is 81.1 Å². The molecule has 0 aliphatic carbocycles. The Hall–Kier alpha value is -2.20. The van der Waals surface area contributed by atoms with E-state index in [0.717, 1.165) is 23.2 Å². The van der Waals surface area contributed by atoms with E-state index in [2.05, 4.69) is 12.2 Å². The van der Waals surface area contributed by atoms with E-state index in [1.165, 1.54) is 6.07 Å². The number of primary amides is 1. The quantitative estimate of drug-likeness (QED) is 0.754. The molecule has 1 amide bonds. The van der Waals surface area contributed by atoms with Crippen LogP contribution < -0.4 is 16.8 Å². The van der Waals surface area contributed by atoms with Crippen LogP contribution in [0.5, 0.6) is 0 Å². The highest BCUT2D eigenvalue weighted by Crippen LogP contribution is 2.34. The molecule has 2 aromatic rings. The van der Waals surface area contributed by atoms with Gasteiger partial charge in [0.1, 0.15) is 0 Å². The summed E-state index contributed by atoms with van der Waals surface area (Å²) in [6.45, 7) is 4.07. The first-order valence-electron chi connectivity index (χ1n) is 6.68. The molecule has 110 valence electrons. The molecule has 0 aromatic heterocycles. The largest absolute Gasteiger partial charge is 0.399 e. The highest BCUT2D eigenvalue weighted by atomic mass is 35.5. The predicted octanol–water partition coefficient (Wildman–Crippen LogP) is 3.64. The van der Waals surface area contributed by atoms with Crippen LogP contribution in [0.1, 0.15) is 28.4 Å². The summed E-state index contributed by atoms with van der Waals surface area (Å²) >= 11 is 6.23. The number of para-hydroxylation sites is 1. The molecule has 0 radical (unpaired) electrons. The Balaban J connectivity index is 2.57. The van der Waals surface area contributed by atoms with Gasteiger partial charge in [-0.1, -0.05) is 36.7 Å². The average Bonchev–Trinajstić information content (AvgIpc) is 2.42. The van der Waals surface area contributed by atoms with E-state index in [1.54, 1.807) is 6.07 Å². The van der Waals surface area contributed by atoms with Crippen LogP contribution in [0.2, 0.25) is 5.02 Å². The molecule has 0 spiro atoms. The summed E-state index contributed by atoms with van der Waals surface area (Å²) in [5.74, 6) is -0.571. The fourth-order valence-corrected chi connectivity index (χ4v) is 2.55. The molecule has 2 rings (SSSR count). The molecule has 21 heavy (non-hydrogen) atoms. The number of amides is 1. The number of halogens is 1. The third kappa shape index (κ3) is 3.11. The lowest BCUT2D eigenvalue weighted by molar-refractivity contribution is 0.100. The van der Waals surface area contributed by atoms with Crippen LogP contribution in [0.15, 0.2) is 30.3 Å². The fourth-order valence-electron chi connectivity index (χ4n) is 2.28. The maximum absolute atomic E-state index is 11.6. The van der Waals surface area contributed by atoms with Gasteiger partial charge < -0.3 is 16.8 Å². The van der Waals surface area contributed by atoms with E-state index in [4.69, 9.17) is 23.1 Å². The summed E-state index contributed by atoms with van der Waals surface area (Å²) in [5.41, 5.74) is 15.5. The summed E-state index contributed by atoms with van der Waals surface area (Å²) in [5, 5.41) is 3.62. The maximum Gasteiger partial charge on any atom is 0.250 e. The lowest BCUT2D eigenvalue weighted by Crippen LogP contribution is -2.14. The van der Waals surface area contributed by atoms with Crippen molar-refractivity contribution in [1.82, 2.24) is 0 Å². The Morgan fingerprint density at radius 3 is 2.62 bits per heavy atom. The standard InChI is InChI=1S/C16H18ClN3O/c1-3-10-6-4-5-9(2)14(10)20-15-12(16(19)21)7-11(18)8-13(15)17/h4-8,20H,3,18H2,1-2H3,(H2,19,21). The highest BCUT2D eigenvalue weighted by Gasteiger charge is 2.15. The van der Waals surface area contributed by atoms with Crippen molar-refractivity contribution in [2.75, 3.05) is 11.1 Å². The van der Waals surface area contributed by atoms with Gasteiger partial charge in [-0.05, 0) is 36.6 Å². The van der Waals surface area contributed by atoms with Crippen LogP contribution in [0.25, 0.3) is 0 Å². The summed E-state index contributed by atoms with van der Waals surface area (Å²) in [7, 11) is 0. The van der Waals surface area contributed by atoms with Gasteiger partial charge >= 0.3 is 0 Å². The number of nitrogens with two attached hydrogens (primary N) is 2. The molecule has 0 atom stereocenters. The monoisotopic (exact) mass is 303 g/mol. The summed E-state index contributed by atoms with van der Waals surface area (Å²) in [4.78, 5) is 11.6. The first-order valence-corrected chi connectivity index (χ1v) is 7.06. The maximum atomic E-state index is 11.6. The van der Waals surface area contributed by atoms with E-state index in [0.29, 0.717) is 16.4 Å². The average molecular weight is 304 g/mol. The molecule has 0 bridgehead atoms. The third-order valence-electron chi connectivity index (χ3n) is 3.37. The minimum Gasteiger partial charge on any atom is -0.399 e. The number of rotatable bonds is 4. The molecular formula is C16H18ClN3O. The van der Waals surface area contributed by atoms with Crippen molar-refractivity contribution < 1.29 is 4.79 Å². The molecule has 0 aliphatic rings. The fraction of sp³-hybridized carbons (Fsp3) is 0.188. The van der Waals surface area contributed by atoms with Crippen molar-refractivity contribution in [1.29, 1.82) is 0 Å². The van der Waals surface area contributed by atoms with Gasteiger partial charge in [0.05, 0.1) is 16.3 Å². The van der Waals surface area contributed by atoms with Crippen LogP contribution in [0.3, 0.4) is 0 Å². The zero-order valence-electron chi connectivity index (χ0n) is 12.0. The van der Waals surface area contributed by atoms with Crippen molar-refractivity contribution >= 4 is 34.6 Å². The van der Waals surface area contributed by atoms with E-state index >= 15 is 0 Å². The Bertz CT molecular complexity index is 698. The smallest absolute Gasteiger partial charge is 0.250 e.